The van der Waals surface area contributed by atoms with E-state index in [-0.39, 0.29) is 10.5 Å². The number of hydrogen-bond donors (Lipinski definition) is 2. The summed E-state index contributed by atoms with van der Waals surface area (Å²) in [6, 6.07) is 20.8. The number of carboxylic acid groups (broad SMARTS) is 1. The lowest BCUT2D eigenvalue weighted by Crippen LogP contribution is -2.40. The van der Waals surface area contributed by atoms with Gasteiger partial charge in [0, 0.05) is 5.56 Å². The summed E-state index contributed by atoms with van der Waals surface area (Å²) in [5.41, 5.74) is 3.64. The molecule has 0 aliphatic carbocycles. The second kappa shape index (κ2) is 9.88. The summed E-state index contributed by atoms with van der Waals surface area (Å²) in [6.45, 7) is 1.24. The molecule has 3 aromatic rings. The number of sulfonamides is 1. The van der Waals surface area contributed by atoms with E-state index in [1.165, 1.54) is 24.4 Å². The van der Waals surface area contributed by atoms with Crippen molar-refractivity contribution in [1.82, 2.24) is 5.43 Å². The molecule has 0 unspecified atom stereocenters. The second-order valence-corrected chi connectivity index (χ2v) is 8.66. The number of hydrogen-bond acceptors (Lipinski definition) is 5. The van der Waals surface area contributed by atoms with Gasteiger partial charge in [-0.05, 0) is 36.8 Å². The lowest BCUT2D eigenvalue weighted by Gasteiger charge is -2.25. The fourth-order valence-corrected chi connectivity index (χ4v) is 4.51. The molecule has 0 saturated carbocycles. The first-order chi connectivity index (χ1) is 15.3. The molecule has 0 bridgehead atoms. The first-order valence-corrected chi connectivity index (χ1v) is 11.0. The molecule has 0 saturated heterocycles. The maximum absolute atomic E-state index is 13.3. The standard InChI is InChI=1S/C23H21N3O5S/c1-17-9-5-8-14-21(17)26(32(30,31)19-11-3-2-4-12-19)16-22(27)25-24-15-18-10-6-7-13-20(18)23(28)29/h2-15H,16H2,1H3,(H,25,27)(H,28,29)/b24-15-. The van der Waals surface area contributed by atoms with E-state index in [2.05, 4.69) is 10.5 Å². The Labute approximate surface area is 185 Å². The van der Waals surface area contributed by atoms with E-state index >= 15 is 0 Å². The van der Waals surface area contributed by atoms with Gasteiger partial charge in [-0.2, -0.15) is 5.10 Å². The minimum Gasteiger partial charge on any atom is -0.478 e. The Kier molecular flexibility index (Phi) is 7.01. The van der Waals surface area contributed by atoms with Crippen molar-refractivity contribution >= 4 is 33.8 Å². The summed E-state index contributed by atoms with van der Waals surface area (Å²) in [6.07, 6.45) is 1.20. The van der Waals surface area contributed by atoms with Crippen LogP contribution >= 0.6 is 0 Å². The summed E-state index contributed by atoms with van der Waals surface area (Å²) in [4.78, 5) is 23.9. The Morgan fingerprint density at radius 3 is 2.28 bits per heavy atom. The molecule has 3 aromatic carbocycles. The SMILES string of the molecule is Cc1ccccc1N(CC(=O)N/N=C\c1ccccc1C(=O)O)S(=O)(=O)c1ccccc1. The molecular formula is C23H21N3O5S. The van der Waals surface area contributed by atoms with Gasteiger partial charge in [-0.3, -0.25) is 9.10 Å². The largest absolute Gasteiger partial charge is 0.478 e. The fraction of sp³-hybridized carbons (Fsp3) is 0.0870. The number of hydrazone groups is 1. The highest BCUT2D eigenvalue weighted by Gasteiger charge is 2.28. The van der Waals surface area contributed by atoms with Crippen LogP contribution in [0.25, 0.3) is 0 Å². The Hall–Kier alpha value is -3.98. The summed E-state index contributed by atoms with van der Waals surface area (Å²) in [5, 5.41) is 13.0. The third-order valence-corrected chi connectivity index (χ3v) is 6.36. The molecule has 3 rings (SSSR count). The summed E-state index contributed by atoms with van der Waals surface area (Å²) in [7, 11) is -4.02. The third-order valence-electron chi connectivity index (χ3n) is 4.59. The van der Waals surface area contributed by atoms with Crippen molar-refractivity contribution in [3.05, 3.63) is 95.6 Å². The van der Waals surface area contributed by atoms with Crippen molar-refractivity contribution in [2.24, 2.45) is 5.10 Å². The molecule has 0 aliphatic heterocycles. The zero-order valence-electron chi connectivity index (χ0n) is 17.2. The van der Waals surface area contributed by atoms with Crippen LogP contribution in [0, 0.1) is 6.92 Å². The van der Waals surface area contributed by atoms with E-state index in [9.17, 15) is 23.1 Å². The van der Waals surface area contributed by atoms with E-state index < -0.39 is 28.4 Å². The predicted molar refractivity (Wildman–Crippen MR) is 121 cm³/mol. The number of carboxylic acids is 1. The molecule has 8 nitrogen and oxygen atoms in total. The van der Waals surface area contributed by atoms with Crippen molar-refractivity contribution in [2.45, 2.75) is 11.8 Å². The molecule has 0 radical (unpaired) electrons. The van der Waals surface area contributed by atoms with E-state index in [4.69, 9.17) is 0 Å². The van der Waals surface area contributed by atoms with Crippen LogP contribution in [0.2, 0.25) is 0 Å². The molecule has 1 amide bonds. The van der Waals surface area contributed by atoms with E-state index in [1.807, 2.05) is 0 Å². The smallest absolute Gasteiger partial charge is 0.336 e. The van der Waals surface area contributed by atoms with Crippen LogP contribution in [-0.4, -0.2) is 38.2 Å². The number of para-hydroxylation sites is 1. The van der Waals surface area contributed by atoms with E-state index in [0.717, 1.165) is 4.31 Å². The van der Waals surface area contributed by atoms with Crippen LogP contribution in [0.15, 0.2) is 88.9 Å². The average Bonchev–Trinajstić information content (AvgIpc) is 2.79. The molecular weight excluding hydrogens is 430 g/mol. The van der Waals surface area contributed by atoms with Gasteiger partial charge in [0.05, 0.1) is 22.4 Å². The van der Waals surface area contributed by atoms with Crippen molar-refractivity contribution < 1.29 is 23.1 Å². The summed E-state index contributed by atoms with van der Waals surface area (Å²) >= 11 is 0. The Bertz CT molecular complexity index is 1260. The maximum atomic E-state index is 13.3. The highest BCUT2D eigenvalue weighted by Crippen LogP contribution is 2.26. The molecule has 2 N–H and O–H groups in total. The molecule has 164 valence electrons. The molecule has 0 heterocycles. The lowest BCUT2D eigenvalue weighted by molar-refractivity contribution is -0.119. The molecule has 0 fully saturated rings. The first-order valence-electron chi connectivity index (χ1n) is 9.58. The van der Waals surface area contributed by atoms with E-state index in [0.29, 0.717) is 16.8 Å². The quantitative estimate of drug-likeness (QED) is 0.403. The third kappa shape index (κ3) is 5.19. The van der Waals surface area contributed by atoms with Crippen LogP contribution in [0.3, 0.4) is 0 Å². The number of rotatable bonds is 8. The Morgan fingerprint density at radius 2 is 1.59 bits per heavy atom. The Morgan fingerprint density at radius 1 is 0.969 bits per heavy atom. The molecule has 9 heteroatoms. The molecule has 0 atom stereocenters. The van der Waals surface area contributed by atoms with Crippen molar-refractivity contribution in [3.8, 4) is 0 Å². The lowest BCUT2D eigenvalue weighted by atomic mass is 10.1. The number of aromatic carboxylic acids is 1. The van der Waals surface area contributed by atoms with Crippen molar-refractivity contribution in [3.63, 3.8) is 0 Å². The number of amides is 1. The summed E-state index contributed by atoms with van der Waals surface area (Å²) in [5.74, 6) is -1.81. The Balaban J connectivity index is 1.85. The zero-order chi connectivity index (χ0) is 23.1. The number of aryl methyl sites for hydroxylation is 1. The summed E-state index contributed by atoms with van der Waals surface area (Å²) < 4.78 is 27.6. The van der Waals surface area contributed by atoms with E-state index in [1.54, 1.807) is 67.6 Å². The normalized spacial score (nSPS) is 11.3. The fourth-order valence-electron chi connectivity index (χ4n) is 3.01. The minimum absolute atomic E-state index is 0.0266. The topological polar surface area (TPSA) is 116 Å². The van der Waals surface area contributed by atoms with Gasteiger partial charge in [-0.1, -0.05) is 54.6 Å². The monoisotopic (exact) mass is 451 g/mol. The van der Waals surface area contributed by atoms with Crippen molar-refractivity contribution in [2.75, 3.05) is 10.8 Å². The van der Waals surface area contributed by atoms with Crippen LogP contribution < -0.4 is 9.73 Å². The number of carbonyl (C=O) groups excluding carboxylic acids is 1. The molecule has 0 aliphatic rings. The average molecular weight is 452 g/mol. The van der Waals surface area contributed by atoms with Gasteiger partial charge in [0.1, 0.15) is 6.54 Å². The van der Waals surface area contributed by atoms with Gasteiger partial charge < -0.3 is 5.11 Å². The maximum Gasteiger partial charge on any atom is 0.336 e. The number of anilines is 1. The molecule has 32 heavy (non-hydrogen) atoms. The van der Waals surface area contributed by atoms with Gasteiger partial charge in [0.15, 0.2) is 0 Å². The molecule has 0 spiro atoms. The van der Waals surface area contributed by atoms with Gasteiger partial charge in [-0.15, -0.1) is 0 Å². The predicted octanol–water partition coefficient (Wildman–Crippen LogP) is 3.04. The number of benzene rings is 3. The number of nitrogens with one attached hydrogen (secondary N) is 1. The number of nitrogens with zero attached hydrogens (tertiary/aromatic N) is 2. The van der Waals surface area contributed by atoms with Gasteiger partial charge in [0.25, 0.3) is 15.9 Å². The van der Waals surface area contributed by atoms with Gasteiger partial charge in [0.2, 0.25) is 0 Å². The minimum atomic E-state index is -4.02. The van der Waals surface area contributed by atoms with Gasteiger partial charge in [-0.25, -0.2) is 18.6 Å². The number of carbonyl (C=O) groups is 2. The molecule has 0 aromatic heterocycles. The highest BCUT2D eigenvalue weighted by atomic mass is 32.2. The van der Waals surface area contributed by atoms with Crippen LogP contribution in [0.4, 0.5) is 5.69 Å². The van der Waals surface area contributed by atoms with Gasteiger partial charge >= 0.3 is 5.97 Å². The zero-order valence-corrected chi connectivity index (χ0v) is 18.0. The van der Waals surface area contributed by atoms with Crippen LogP contribution in [0.5, 0.6) is 0 Å². The highest BCUT2D eigenvalue weighted by molar-refractivity contribution is 7.92. The second-order valence-electron chi connectivity index (χ2n) is 6.80. The van der Waals surface area contributed by atoms with Crippen LogP contribution in [-0.2, 0) is 14.8 Å². The van der Waals surface area contributed by atoms with Crippen LogP contribution in [0.1, 0.15) is 21.5 Å². The first kappa shape index (κ1) is 22.7. The van der Waals surface area contributed by atoms with Crippen molar-refractivity contribution in [1.29, 1.82) is 0 Å².